The van der Waals surface area contributed by atoms with Gasteiger partial charge in [-0.05, 0) is 26.0 Å². The van der Waals surface area contributed by atoms with E-state index in [1.807, 2.05) is 30.3 Å². The number of ether oxygens (including phenoxy) is 2. The minimum Gasteiger partial charge on any atom is -0.467 e. The molecular weight excluding hydrogens is 350 g/mol. The lowest BCUT2D eigenvalue weighted by Gasteiger charge is -2.27. The van der Waals surface area contributed by atoms with Crippen LogP contribution in [0.25, 0.3) is 11.4 Å². The van der Waals surface area contributed by atoms with Crippen molar-refractivity contribution in [1.82, 2.24) is 25.1 Å². The number of tetrazole rings is 1. The number of benzene rings is 1. The van der Waals surface area contributed by atoms with Crippen LogP contribution in [0.2, 0.25) is 0 Å². The van der Waals surface area contributed by atoms with Crippen LogP contribution in [0.1, 0.15) is 33.2 Å². The molecule has 2 aromatic rings. The third-order valence-electron chi connectivity index (χ3n) is 4.17. The summed E-state index contributed by atoms with van der Waals surface area (Å²) in [7, 11) is 1.30. The molecule has 0 N–H and O–H groups in total. The molecule has 1 aromatic heterocycles. The van der Waals surface area contributed by atoms with E-state index >= 15 is 0 Å². The van der Waals surface area contributed by atoms with Gasteiger partial charge in [-0.1, -0.05) is 30.3 Å². The monoisotopic (exact) mass is 373 g/mol. The Balaban J connectivity index is 1.80. The maximum absolute atomic E-state index is 12.5. The van der Waals surface area contributed by atoms with Crippen molar-refractivity contribution in [1.29, 1.82) is 0 Å². The number of hydrogen-bond acceptors (Lipinski definition) is 7. The summed E-state index contributed by atoms with van der Waals surface area (Å²) < 4.78 is 10.3. The number of amides is 1. The number of carbonyl (C=O) groups excluding carboxylic acids is 2. The van der Waals surface area contributed by atoms with Gasteiger partial charge in [-0.25, -0.2) is 9.59 Å². The summed E-state index contributed by atoms with van der Waals surface area (Å²) in [6.07, 6.45) is -0.236. The van der Waals surface area contributed by atoms with E-state index in [0.717, 1.165) is 5.56 Å². The Labute approximate surface area is 157 Å². The molecule has 0 saturated carbocycles. The van der Waals surface area contributed by atoms with E-state index in [0.29, 0.717) is 12.2 Å². The second-order valence-electron chi connectivity index (χ2n) is 7.36. The number of aromatic nitrogens is 4. The van der Waals surface area contributed by atoms with Crippen molar-refractivity contribution in [3.8, 4) is 11.4 Å². The van der Waals surface area contributed by atoms with Gasteiger partial charge in [0.15, 0.2) is 0 Å². The predicted molar refractivity (Wildman–Crippen MR) is 95.7 cm³/mol. The lowest BCUT2D eigenvalue weighted by atomic mass is 10.2. The molecular formula is C18H23N5O4. The molecule has 1 aliphatic rings. The van der Waals surface area contributed by atoms with E-state index in [2.05, 4.69) is 15.4 Å². The van der Waals surface area contributed by atoms with Crippen molar-refractivity contribution >= 4 is 12.1 Å². The van der Waals surface area contributed by atoms with Crippen molar-refractivity contribution in [2.75, 3.05) is 13.7 Å². The molecule has 144 valence electrons. The summed E-state index contributed by atoms with van der Waals surface area (Å²) in [6.45, 7) is 5.56. The van der Waals surface area contributed by atoms with Crippen molar-refractivity contribution in [2.24, 2.45) is 0 Å². The third-order valence-corrected chi connectivity index (χ3v) is 4.17. The fourth-order valence-corrected chi connectivity index (χ4v) is 2.95. The van der Waals surface area contributed by atoms with Crippen LogP contribution >= 0.6 is 0 Å². The fraction of sp³-hybridized carbons (Fsp3) is 0.500. The first-order valence-corrected chi connectivity index (χ1v) is 8.71. The lowest BCUT2D eigenvalue weighted by molar-refractivity contribution is -0.145. The highest BCUT2D eigenvalue weighted by Gasteiger charge is 2.43. The topological polar surface area (TPSA) is 99.4 Å². The number of esters is 1. The lowest BCUT2D eigenvalue weighted by Crippen LogP contribution is -2.43. The maximum atomic E-state index is 12.5. The Kier molecular flexibility index (Phi) is 5.11. The quantitative estimate of drug-likeness (QED) is 0.759. The Morgan fingerprint density at radius 3 is 2.52 bits per heavy atom. The number of nitrogens with zero attached hydrogens (tertiary/aromatic N) is 5. The molecule has 1 aromatic carbocycles. The van der Waals surface area contributed by atoms with Gasteiger partial charge < -0.3 is 9.47 Å². The van der Waals surface area contributed by atoms with Gasteiger partial charge in [0.25, 0.3) is 0 Å². The van der Waals surface area contributed by atoms with Crippen LogP contribution in [0.15, 0.2) is 30.3 Å². The maximum Gasteiger partial charge on any atom is 0.411 e. The highest BCUT2D eigenvalue weighted by molar-refractivity contribution is 5.82. The molecule has 3 rings (SSSR count). The van der Waals surface area contributed by atoms with Crippen LogP contribution in [0.5, 0.6) is 0 Å². The molecule has 0 bridgehead atoms. The average molecular weight is 373 g/mol. The number of hydrogen-bond donors (Lipinski definition) is 0. The van der Waals surface area contributed by atoms with E-state index in [-0.39, 0.29) is 12.6 Å². The first-order chi connectivity index (χ1) is 12.8. The van der Waals surface area contributed by atoms with Crippen molar-refractivity contribution in [2.45, 2.75) is 44.9 Å². The Morgan fingerprint density at radius 1 is 1.19 bits per heavy atom. The predicted octanol–water partition coefficient (Wildman–Crippen LogP) is 2.06. The SMILES string of the molecule is COC(=O)[C@@H]1C[C@@H](n2nnc(-c3ccccc3)n2)CN1C(=O)OC(C)(C)C. The second kappa shape index (κ2) is 7.34. The van der Waals surface area contributed by atoms with Gasteiger partial charge in [0.2, 0.25) is 5.82 Å². The molecule has 0 unspecified atom stereocenters. The molecule has 0 aliphatic carbocycles. The summed E-state index contributed by atoms with van der Waals surface area (Å²) in [5.74, 6) is -0.00677. The van der Waals surface area contributed by atoms with E-state index in [1.165, 1.54) is 16.8 Å². The summed E-state index contributed by atoms with van der Waals surface area (Å²) in [6, 6.07) is 8.42. The molecule has 9 heteroatoms. The number of likely N-dealkylation sites (tertiary alicyclic amines) is 1. The summed E-state index contributed by atoms with van der Waals surface area (Å²) in [5, 5.41) is 12.6. The minimum atomic E-state index is -0.749. The molecule has 0 spiro atoms. The highest BCUT2D eigenvalue weighted by Crippen LogP contribution is 2.29. The van der Waals surface area contributed by atoms with Crippen molar-refractivity contribution in [3.05, 3.63) is 30.3 Å². The van der Waals surface area contributed by atoms with Crippen LogP contribution in [-0.4, -0.2) is 62.5 Å². The summed E-state index contributed by atoms with van der Waals surface area (Å²) in [4.78, 5) is 27.5. The Hall–Kier alpha value is -2.97. The molecule has 2 atom stereocenters. The third kappa shape index (κ3) is 4.24. The van der Waals surface area contributed by atoms with Gasteiger partial charge in [0, 0.05) is 18.5 Å². The summed E-state index contributed by atoms with van der Waals surface area (Å²) >= 11 is 0. The normalized spacial score (nSPS) is 19.8. The Bertz CT molecular complexity index is 815. The fourth-order valence-electron chi connectivity index (χ4n) is 2.95. The van der Waals surface area contributed by atoms with E-state index in [4.69, 9.17) is 9.47 Å². The van der Waals surface area contributed by atoms with E-state index < -0.39 is 23.7 Å². The summed E-state index contributed by atoms with van der Waals surface area (Å²) in [5.41, 5.74) is 0.178. The largest absolute Gasteiger partial charge is 0.467 e. The molecule has 1 aliphatic heterocycles. The van der Waals surface area contributed by atoms with Gasteiger partial charge in [-0.2, -0.15) is 4.80 Å². The zero-order chi connectivity index (χ0) is 19.6. The van der Waals surface area contributed by atoms with Gasteiger partial charge >= 0.3 is 12.1 Å². The Morgan fingerprint density at radius 2 is 1.89 bits per heavy atom. The van der Waals surface area contributed by atoms with Crippen LogP contribution < -0.4 is 0 Å². The van der Waals surface area contributed by atoms with Crippen LogP contribution in [-0.2, 0) is 14.3 Å². The van der Waals surface area contributed by atoms with Gasteiger partial charge in [-0.15, -0.1) is 10.2 Å². The molecule has 1 saturated heterocycles. The van der Waals surface area contributed by atoms with Crippen LogP contribution in [0.3, 0.4) is 0 Å². The molecule has 2 heterocycles. The zero-order valence-corrected chi connectivity index (χ0v) is 15.8. The first-order valence-electron chi connectivity index (χ1n) is 8.71. The van der Waals surface area contributed by atoms with Crippen molar-refractivity contribution in [3.63, 3.8) is 0 Å². The van der Waals surface area contributed by atoms with Gasteiger partial charge in [0.05, 0.1) is 13.2 Å². The molecule has 1 fully saturated rings. The van der Waals surface area contributed by atoms with Crippen molar-refractivity contribution < 1.29 is 19.1 Å². The highest BCUT2D eigenvalue weighted by atomic mass is 16.6. The van der Waals surface area contributed by atoms with E-state index in [1.54, 1.807) is 20.8 Å². The number of methoxy groups -OCH3 is 1. The first kappa shape index (κ1) is 18.8. The molecule has 9 nitrogen and oxygen atoms in total. The minimum absolute atomic E-state index is 0.235. The standard InChI is InChI=1S/C18H23N5O4/c1-18(2,3)27-17(25)22-11-13(10-14(22)16(24)26-4)23-20-15(19-21-23)12-8-6-5-7-9-12/h5-9,13-14H,10-11H2,1-4H3/t13-,14+/m1/s1. The molecule has 27 heavy (non-hydrogen) atoms. The smallest absolute Gasteiger partial charge is 0.411 e. The van der Waals surface area contributed by atoms with Gasteiger partial charge in [0.1, 0.15) is 11.6 Å². The zero-order valence-electron chi connectivity index (χ0n) is 15.8. The number of rotatable bonds is 3. The average Bonchev–Trinajstić information content (AvgIpc) is 3.27. The number of carbonyl (C=O) groups is 2. The van der Waals surface area contributed by atoms with Gasteiger partial charge in [-0.3, -0.25) is 4.90 Å². The van der Waals surface area contributed by atoms with Crippen LogP contribution in [0, 0.1) is 0 Å². The molecule has 0 radical (unpaired) electrons. The van der Waals surface area contributed by atoms with E-state index in [9.17, 15) is 9.59 Å². The second-order valence-corrected chi connectivity index (χ2v) is 7.36. The molecule has 1 amide bonds. The van der Waals surface area contributed by atoms with Crippen LogP contribution in [0.4, 0.5) is 4.79 Å².